The standard InChI is InChI=1S/C57H98O6/c1-4-7-10-13-16-19-22-25-27-29-31-32-35-38-41-44-47-50-56(59)62-53-54(52-61-55(58)49-46-43-40-37-34-24-21-18-15-12-9-6-3)63-57(60)51-48-45-42-39-36-33-30-28-26-23-20-17-14-11-8-5-2/h9,12,18,21,25,27,31-32,34,37-38,41,54H,4-8,10-11,13-17,19-20,22-24,26,28-30,33,35-36,39-40,42-53H2,1-3H3/b12-9-,21-18-,27-25-,32-31-,37-34-,41-38-. The fourth-order valence-corrected chi connectivity index (χ4v) is 7.24. The minimum absolute atomic E-state index is 0.109. The van der Waals surface area contributed by atoms with E-state index < -0.39 is 6.10 Å². The average Bonchev–Trinajstić information content (AvgIpc) is 3.28. The van der Waals surface area contributed by atoms with Gasteiger partial charge < -0.3 is 14.2 Å². The van der Waals surface area contributed by atoms with Gasteiger partial charge in [0.05, 0.1) is 0 Å². The Morgan fingerprint density at radius 2 is 0.635 bits per heavy atom. The molecule has 6 nitrogen and oxygen atoms in total. The van der Waals surface area contributed by atoms with Crippen molar-refractivity contribution in [1.82, 2.24) is 0 Å². The number of rotatable bonds is 47. The Balaban J connectivity index is 4.47. The summed E-state index contributed by atoms with van der Waals surface area (Å²) >= 11 is 0. The van der Waals surface area contributed by atoms with Crippen LogP contribution in [0, 0.1) is 0 Å². The maximum absolute atomic E-state index is 12.8. The van der Waals surface area contributed by atoms with Gasteiger partial charge in [-0.3, -0.25) is 14.4 Å². The summed E-state index contributed by atoms with van der Waals surface area (Å²) in [5, 5.41) is 0. The van der Waals surface area contributed by atoms with E-state index in [1.807, 2.05) is 0 Å². The quantitative estimate of drug-likeness (QED) is 0.0262. The Morgan fingerprint density at radius 1 is 0.333 bits per heavy atom. The molecule has 0 saturated carbocycles. The second-order valence-corrected chi connectivity index (χ2v) is 17.4. The Labute approximate surface area is 389 Å². The molecule has 0 saturated heterocycles. The van der Waals surface area contributed by atoms with E-state index in [0.29, 0.717) is 19.3 Å². The number of ether oxygens (including phenoxy) is 3. The molecule has 6 heteroatoms. The van der Waals surface area contributed by atoms with Crippen molar-refractivity contribution >= 4 is 17.9 Å². The van der Waals surface area contributed by atoms with Gasteiger partial charge in [0, 0.05) is 19.3 Å². The van der Waals surface area contributed by atoms with Gasteiger partial charge in [0.2, 0.25) is 0 Å². The minimum Gasteiger partial charge on any atom is -0.462 e. The number of hydrogen-bond acceptors (Lipinski definition) is 6. The minimum atomic E-state index is -0.808. The van der Waals surface area contributed by atoms with Gasteiger partial charge in [-0.25, -0.2) is 0 Å². The van der Waals surface area contributed by atoms with E-state index in [4.69, 9.17) is 14.2 Å². The summed E-state index contributed by atoms with van der Waals surface area (Å²) < 4.78 is 16.7. The van der Waals surface area contributed by atoms with Gasteiger partial charge in [0.15, 0.2) is 6.10 Å². The summed E-state index contributed by atoms with van der Waals surface area (Å²) in [6, 6.07) is 0. The van der Waals surface area contributed by atoms with Gasteiger partial charge >= 0.3 is 17.9 Å². The molecule has 0 aromatic heterocycles. The number of hydrogen-bond donors (Lipinski definition) is 0. The molecule has 0 N–H and O–H groups in total. The van der Waals surface area contributed by atoms with Crippen LogP contribution in [0.1, 0.15) is 252 Å². The molecule has 63 heavy (non-hydrogen) atoms. The lowest BCUT2D eigenvalue weighted by Crippen LogP contribution is -2.30. The molecule has 0 radical (unpaired) electrons. The molecule has 1 unspecified atom stereocenters. The summed E-state index contributed by atoms with van der Waals surface area (Å²) in [7, 11) is 0. The van der Waals surface area contributed by atoms with Gasteiger partial charge in [-0.15, -0.1) is 0 Å². The van der Waals surface area contributed by atoms with Gasteiger partial charge in [-0.2, -0.15) is 0 Å². The van der Waals surface area contributed by atoms with E-state index in [-0.39, 0.29) is 37.5 Å². The molecule has 0 aliphatic carbocycles. The highest BCUT2D eigenvalue weighted by Gasteiger charge is 2.19. The van der Waals surface area contributed by atoms with Gasteiger partial charge in [0.1, 0.15) is 13.2 Å². The number of carbonyl (C=O) groups excluding carboxylic acids is 3. The fourth-order valence-electron chi connectivity index (χ4n) is 7.24. The van der Waals surface area contributed by atoms with Crippen molar-refractivity contribution < 1.29 is 28.6 Å². The van der Waals surface area contributed by atoms with Crippen LogP contribution in [0.25, 0.3) is 0 Å². The predicted molar refractivity (Wildman–Crippen MR) is 270 cm³/mol. The summed E-state index contributed by atoms with van der Waals surface area (Å²) in [6.07, 6.45) is 64.7. The number of unbranched alkanes of at least 4 members (excludes halogenated alkanes) is 24. The van der Waals surface area contributed by atoms with E-state index in [1.54, 1.807) is 0 Å². The van der Waals surface area contributed by atoms with Gasteiger partial charge in [-0.1, -0.05) is 222 Å². The van der Waals surface area contributed by atoms with E-state index in [2.05, 4.69) is 93.7 Å². The summed E-state index contributed by atoms with van der Waals surface area (Å²) in [4.78, 5) is 37.9. The van der Waals surface area contributed by atoms with Crippen LogP contribution in [0.3, 0.4) is 0 Å². The van der Waals surface area contributed by atoms with Crippen molar-refractivity contribution in [3.8, 4) is 0 Å². The normalized spacial score (nSPS) is 12.6. The smallest absolute Gasteiger partial charge is 0.306 e. The number of allylic oxidation sites excluding steroid dienone is 12. The molecule has 0 amide bonds. The third-order valence-electron chi connectivity index (χ3n) is 11.2. The molecule has 0 rings (SSSR count). The zero-order valence-electron chi connectivity index (χ0n) is 41.3. The molecule has 1 atom stereocenters. The molecule has 0 aliphatic rings. The average molecular weight is 879 g/mol. The number of carbonyl (C=O) groups is 3. The van der Waals surface area contributed by atoms with Crippen LogP contribution in [0.4, 0.5) is 0 Å². The lowest BCUT2D eigenvalue weighted by atomic mass is 10.0. The third-order valence-corrected chi connectivity index (χ3v) is 11.2. The van der Waals surface area contributed by atoms with Crippen molar-refractivity contribution in [3.63, 3.8) is 0 Å². The molecule has 0 bridgehead atoms. The number of esters is 3. The lowest BCUT2D eigenvalue weighted by Gasteiger charge is -2.18. The maximum atomic E-state index is 12.8. The van der Waals surface area contributed by atoms with Crippen LogP contribution in [0.15, 0.2) is 72.9 Å². The molecule has 0 aromatic rings. The first-order valence-corrected chi connectivity index (χ1v) is 26.4. The first-order valence-electron chi connectivity index (χ1n) is 26.4. The Hall–Kier alpha value is -3.15. The zero-order valence-corrected chi connectivity index (χ0v) is 41.3. The van der Waals surface area contributed by atoms with Crippen molar-refractivity contribution in [1.29, 1.82) is 0 Å². The Morgan fingerprint density at radius 3 is 1.06 bits per heavy atom. The summed E-state index contributed by atoms with van der Waals surface area (Å²) in [5.41, 5.74) is 0. The van der Waals surface area contributed by atoms with E-state index in [1.165, 1.54) is 128 Å². The lowest BCUT2D eigenvalue weighted by molar-refractivity contribution is -0.167. The second kappa shape index (κ2) is 51.5. The topological polar surface area (TPSA) is 78.9 Å². The van der Waals surface area contributed by atoms with Crippen molar-refractivity contribution in [3.05, 3.63) is 72.9 Å². The second-order valence-electron chi connectivity index (χ2n) is 17.4. The summed E-state index contributed by atoms with van der Waals surface area (Å²) in [6.45, 7) is 6.45. The molecular formula is C57H98O6. The van der Waals surface area contributed by atoms with Crippen LogP contribution in [0.5, 0.6) is 0 Å². The van der Waals surface area contributed by atoms with Gasteiger partial charge in [-0.05, 0) is 83.5 Å². The van der Waals surface area contributed by atoms with Crippen LogP contribution in [-0.2, 0) is 28.6 Å². The van der Waals surface area contributed by atoms with Crippen LogP contribution < -0.4 is 0 Å². The molecule has 0 fully saturated rings. The highest BCUT2D eigenvalue weighted by Crippen LogP contribution is 2.15. The van der Waals surface area contributed by atoms with Crippen LogP contribution in [-0.4, -0.2) is 37.2 Å². The Bertz CT molecular complexity index is 1190. The van der Waals surface area contributed by atoms with Gasteiger partial charge in [0.25, 0.3) is 0 Å². The predicted octanol–water partition coefficient (Wildman–Crippen LogP) is 17.4. The zero-order chi connectivity index (χ0) is 45.8. The first-order chi connectivity index (χ1) is 31.0. The maximum Gasteiger partial charge on any atom is 0.306 e. The molecule has 0 aliphatic heterocycles. The molecule has 0 spiro atoms. The van der Waals surface area contributed by atoms with Crippen molar-refractivity contribution in [2.24, 2.45) is 0 Å². The third kappa shape index (κ3) is 49.7. The molecule has 362 valence electrons. The highest BCUT2D eigenvalue weighted by molar-refractivity contribution is 5.71. The molecule has 0 heterocycles. The SMILES string of the molecule is CC/C=C\C/C=C\C/C=C\CCCCC(=O)OCC(COC(=O)CCC/C=C\C/C=C\C/C=C\CCCCCCCC)OC(=O)CCCCCCCCCCCCCCCCCC. The van der Waals surface area contributed by atoms with E-state index >= 15 is 0 Å². The molecule has 0 aromatic carbocycles. The first kappa shape index (κ1) is 59.9. The summed E-state index contributed by atoms with van der Waals surface area (Å²) in [5.74, 6) is -0.994. The Kier molecular flexibility index (Phi) is 48.9. The molecular weight excluding hydrogens is 781 g/mol. The van der Waals surface area contributed by atoms with E-state index in [9.17, 15) is 14.4 Å². The van der Waals surface area contributed by atoms with Crippen LogP contribution in [0.2, 0.25) is 0 Å². The highest BCUT2D eigenvalue weighted by atomic mass is 16.6. The monoisotopic (exact) mass is 879 g/mol. The van der Waals surface area contributed by atoms with Crippen LogP contribution >= 0.6 is 0 Å². The van der Waals surface area contributed by atoms with Crippen molar-refractivity contribution in [2.45, 2.75) is 258 Å². The largest absolute Gasteiger partial charge is 0.462 e. The van der Waals surface area contributed by atoms with Crippen molar-refractivity contribution in [2.75, 3.05) is 13.2 Å². The fraction of sp³-hybridized carbons (Fsp3) is 0.737. The van der Waals surface area contributed by atoms with E-state index in [0.717, 1.165) is 77.0 Å².